The van der Waals surface area contributed by atoms with Crippen LogP contribution >= 0.6 is 11.6 Å². The number of nitrogens with one attached hydrogen (secondary N) is 2. The molecule has 2 aromatic rings. The first-order chi connectivity index (χ1) is 11.5. The van der Waals surface area contributed by atoms with Crippen LogP contribution in [0.4, 0.5) is 5.95 Å². The number of halogens is 1. The fraction of sp³-hybridized carbons (Fsp3) is 0.438. The third kappa shape index (κ3) is 3.85. The third-order valence-electron chi connectivity index (χ3n) is 4.12. The average molecular weight is 350 g/mol. The van der Waals surface area contributed by atoms with Crippen molar-refractivity contribution in [2.24, 2.45) is 7.05 Å². The minimum atomic E-state index is -0.227. The number of rotatable bonds is 4. The van der Waals surface area contributed by atoms with E-state index in [9.17, 15) is 9.90 Å². The number of hydrogen-bond acceptors (Lipinski definition) is 5. The van der Waals surface area contributed by atoms with Crippen LogP contribution in [-0.2, 0) is 18.3 Å². The number of piperidine rings is 1. The van der Waals surface area contributed by atoms with Crippen LogP contribution in [-0.4, -0.2) is 38.9 Å². The molecule has 24 heavy (non-hydrogen) atoms. The lowest BCUT2D eigenvalue weighted by Crippen LogP contribution is -2.27. The van der Waals surface area contributed by atoms with E-state index in [0.29, 0.717) is 22.5 Å². The number of phenolic OH excluding ortho intramolecular Hbond substituents is 1. The van der Waals surface area contributed by atoms with Gasteiger partial charge >= 0.3 is 0 Å². The molecule has 0 radical (unpaired) electrons. The molecule has 0 spiro atoms. The minimum Gasteiger partial charge on any atom is -0.508 e. The van der Waals surface area contributed by atoms with Gasteiger partial charge in [-0.1, -0.05) is 17.7 Å². The molecule has 1 saturated heterocycles. The molecule has 0 bridgehead atoms. The quantitative estimate of drug-likeness (QED) is 0.783. The highest BCUT2D eigenvalue weighted by atomic mass is 35.5. The average Bonchev–Trinajstić information content (AvgIpc) is 2.92. The lowest BCUT2D eigenvalue weighted by Gasteiger charge is -2.19. The first-order valence-electron chi connectivity index (χ1n) is 7.92. The van der Waals surface area contributed by atoms with Crippen LogP contribution in [0.15, 0.2) is 18.2 Å². The molecular weight excluding hydrogens is 330 g/mol. The second-order valence-corrected chi connectivity index (χ2v) is 6.35. The van der Waals surface area contributed by atoms with Crippen molar-refractivity contribution in [3.8, 4) is 5.75 Å². The Balaban J connectivity index is 1.66. The molecule has 1 aliphatic rings. The molecular formula is C16H20ClN5O2. The van der Waals surface area contributed by atoms with Crippen LogP contribution in [0.5, 0.6) is 5.75 Å². The maximum absolute atomic E-state index is 12.2. The molecule has 1 aromatic carbocycles. The van der Waals surface area contributed by atoms with E-state index in [2.05, 4.69) is 20.7 Å². The van der Waals surface area contributed by atoms with Gasteiger partial charge in [0.15, 0.2) is 5.82 Å². The van der Waals surface area contributed by atoms with Crippen molar-refractivity contribution in [2.75, 3.05) is 18.4 Å². The van der Waals surface area contributed by atoms with Crippen LogP contribution in [0.2, 0.25) is 5.02 Å². The SMILES string of the molecule is Cn1nc(C2CCNCC2)nc1NC(=O)Cc1ccc(O)cc1Cl. The number of aromatic hydroxyl groups is 1. The van der Waals surface area contributed by atoms with Crippen LogP contribution in [0.25, 0.3) is 0 Å². The molecule has 8 heteroatoms. The van der Waals surface area contributed by atoms with Crippen molar-refractivity contribution in [1.29, 1.82) is 0 Å². The smallest absolute Gasteiger partial charge is 0.231 e. The highest BCUT2D eigenvalue weighted by Gasteiger charge is 2.21. The second kappa shape index (κ2) is 7.19. The number of phenols is 1. The molecule has 7 nitrogen and oxygen atoms in total. The topological polar surface area (TPSA) is 92.1 Å². The Morgan fingerprint density at radius 3 is 2.92 bits per heavy atom. The molecule has 128 valence electrons. The summed E-state index contributed by atoms with van der Waals surface area (Å²) in [4.78, 5) is 16.7. The first-order valence-corrected chi connectivity index (χ1v) is 8.29. The zero-order valence-electron chi connectivity index (χ0n) is 13.4. The molecule has 0 aliphatic carbocycles. The number of benzene rings is 1. The number of anilines is 1. The molecule has 0 saturated carbocycles. The molecule has 3 rings (SSSR count). The number of amides is 1. The summed E-state index contributed by atoms with van der Waals surface area (Å²) in [6.07, 6.45) is 2.11. The lowest BCUT2D eigenvalue weighted by molar-refractivity contribution is -0.115. The van der Waals surface area contributed by atoms with Crippen molar-refractivity contribution in [3.05, 3.63) is 34.6 Å². The number of carbonyl (C=O) groups excluding carboxylic acids is 1. The largest absolute Gasteiger partial charge is 0.508 e. The number of aryl methyl sites for hydroxylation is 1. The van der Waals surface area contributed by atoms with Gasteiger partial charge in [-0.05, 0) is 43.6 Å². The van der Waals surface area contributed by atoms with Crippen LogP contribution in [0, 0.1) is 0 Å². The third-order valence-corrected chi connectivity index (χ3v) is 4.47. The van der Waals surface area contributed by atoms with Gasteiger partial charge in [0.25, 0.3) is 0 Å². The summed E-state index contributed by atoms with van der Waals surface area (Å²) in [7, 11) is 1.76. The zero-order chi connectivity index (χ0) is 17.1. The van der Waals surface area contributed by atoms with E-state index in [1.807, 2.05) is 0 Å². The van der Waals surface area contributed by atoms with Crippen molar-refractivity contribution < 1.29 is 9.90 Å². The van der Waals surface area contributed by atoms with Gasteiger partial charge in [0.05, 0.1) is 6.42 Å². The lowest BCUT2D eigenvalue weighted by atomic mass is 9.98. The van der Waals surface area contributed by atoms with Gasteiger partial charge in [-0.2, -0.15) is 10.1 Å². The van der Waals surface area contributed by atoms with E-state index in [-0.39, 0.29) is 18.1 Å². The summed E-state index contributed by atoms with van der Waals surface area (Å²) in [6, 6.07) is 4.56. The zero-order valence-corrected chi connectivity index (χ0v) is 14.2. The summed E-state index contributed by atoms with van der Waals surface area (Å²) < 4.78 is 1.59. The summed E-state index contributed by atoms with van der Waals surface area (Å²) in [5.74, 6) is 1.38. The number of aromatic nitrogens is 3. The second-order valence-electron chi connectivity index (χ2n) is 5.94. The first kappa shape index (κ1) is 16.7. The molecule has 1 aromatic heterocycles. The van der Waals surface area contributed by atoms with E-state index in [0.717, 1.165) is 31.8 Å². The van der Waals surface area contributed by atoms with Crippen molar-refractivity contribution in [1.82, 2.24) is 20.1 Å². The Bertz CT molecular complexity index is 740. The van der Waals surface area contributed by atoms with Gasteiger partial charge in [0, 0.05) is 18.0 Å². The Morgan fingerprint density at radius 2 is 2.21 bits per heavy atom. The van der Waals surface area contributed by atoms with E-state index in [1.54, 1.807) is 17.8 Å². The van der Waals surface area contributed by atoms with Crippen molar-refractivity contribution in [3.63, 3.8) is 0 Å². The van der Waals surface area contributed by atoms with Crippen molar-refractivity contribution in [2.45, 2.75) is 25.2 Å². The predicted molar refractivity (Wildman–Crippen MR) is 91.3 cm³/mol. The summed E-state index contributed by atoms with van der Waals surface area (Å²) in [5, 5.41) is 20.2. The van der Waals surface area contributed by atoms with E-state index in [4.69, 9.17) is 11.6 Å². The fourth-order valence-electron chi connectivity index (χ4n) is 2.79. The van der Waals surface area contributed by atoms with Gasteiger partial charge in [0.2, 0.25) is 11.9 Å². The number of nitrogens with zero attached hydrogens (tertiary/aromatic N) is 3. The summed E-state index contributed by atoms with van der Waals surface area (Å²) >= 11 is 6.03. The monoisotopic (exact) mass is 349 g/mol. The summed E-state index contributed by atoms with van der Waals surface area (Å²) in [6.45, 7) is 1.92. The van der Waals surface area contributed by atoms with Crippen molar-refractivity contribution >= 4 is 23.5 Å². The van der Waals surface area contributed by atoms with E-state index >= 15 is 0 Å². The normalized spacial score (nSPS) is 15.4. The highest BCUT2D eigenvalue weighted by molar-refractivity contribution is 6.31. The Morgan fingerprint density at radius 1 is 1.46 bits per heavy atom. The number of hydrogen-bond donors (Lipinski definition) is 3. The molecule has 2 heterocycles. The van der Waals surface area contributed by atoms with Gasteiger partial charge in [0.1, 0.15) is 5.75 Å². The highest BCUT2D eigenvalue weighted by Crippen LogP contribution is 2.24. The van der Waals surface area contributed by atoms with Gasteiger partial charge in [-0.25, -0.2) is 4.68 Å². The molecule has 1 aliphatic heterocycles. The standard InChI is InChI=1S/C16H20ClN5O2/c1-22-16(20-15(21-22)10-4-6-18-7-5-10)19-14(24)8-11-2-3-12(23)9-13(11)17/h2-3,9-10,18,23H,4-8H2,1H3,(H,19,20,21,24). The molecule has 0 atom stereocenters. The predicted octanol–water partition coefficient (Wildman–Crippen LogP) is 1.82. The molecule has 1 fully saturated rings. The molecule has 3 N–H and O–H groups in total. The van der Waals surface area contributed by atoms with E-state index < -0.39 is 0 Å². The van der Waals surface area contributed by atoms with Crippen LogP contribution in [0.1, 0.15) is 30.1 Å². The molecule has 0 unspecified atom stereocenters. The van der Waals surface area contributed by atoms with Crippen LogP contribution in [0.3, 0.4) is 0 Å². The van der Waals surface area contributed by atoms with Gasteiger partial charge < -0.3 is 10.4 Å². The Labute approximate surface area is 145 Å². The van der Waals surface area contributed by atoms with E-state index in [1.165, 1.54) is 12.1 Å². The Kier molecular flexibility index (Phi) is 5.01. The maximum atomic E-state index is 12.2. The van der Waals surface area contributed by atoms with Crippen LogP contribution < -0.4 is 10.6 Å². The maximum Gasteiger partial charge on any atom is 0.231 e. The number of carbonyl (C=O) groups is 1. The van der Waals surface area contributed by atoms with Gasteiger partial charge in [-0.3, -0.25) is 10.1 Å². The Hall–Kier alpha value is -2.12. The fourth-order valence-corrected chi connectivity index (χ4v) is 3.03. The summed E-state index contributed by atoms with van der Waals surface area (Å²) in [5.41, 5.74) is 0.646. The molecule has 1 amide bonds. The minimum absolute atomic E-state index is 0.0732. The van der Waals surface area contributed by atoms with Gasteiger partial charge in [-0.15, -0.1) is 0 Å².